The third-order valence-electron chi connectivity index (χ3n) is 1.40. The minimum atomic E-state index is -1.03. The molecule has 0 aliphatic heterocycles. The molecule has 1 aromatic carbocycles. The molecule has 12 heavy (non-hydrogen) atoms. The lowest BCUT2D eigenvalue weighted by atomic mass is 10.2. The third kappa shape index (κ3) is 2.95. The highest BCUT2D eigenvalue weighted by Crippen LogP contribution is 2.05. The van der Waals surface area contributed by atoms with Gasteiger partial charge in [-0.05, 0) is 11.2 Å². The lowest BCUT2D eigenvalue weighted by Crippen LogP contribution is -2.07. The van der Waals surface area contributed by atoms with Gasteiger partial charge in [-0.3, -0.25) is 0 Å². The van der Waals surface area contributed by atoms with Crippen molar-refractivity contribution in [2.75, 3.05) is 5.75 Å². The van der Waals surface area contributed by atoms with Gasteiger partial charge in [-0.1, -0.05) is 30.3 Å². The molecule has 62 valence electrons. The average Bonchev–Trinajstić information content (AvgIpc) is 2.06. The molecule has 1 rings (SSSR count). The lowest BCUT2D eigenvalue weighted by molar-refractivity contribution is 0.597. The first-order chi connectivity index (χ1) is 5.83. The molecular formula is C9H9NOS. The van der Waals surface area contributed by atoms with Crippen LogP contribution >= 0.6 is 0 Å². The number of nitrogens with zero attached hydrogens (tertiary/aromatic N) is 1. The van der Waals surface area contributed by atoms with Crippen molar-refractivity contribution in [2.24, 2.45) is 0 Å². The van der Waals surface area contributed by atoms with Gasteiger partial charge in [-0.15, -0.1) is 0 Å². The molecule has 0 aliphatic carbocycles. The minimum Gasteiger partial charge on any atom is -0.615 e. The molecule has 0 bridgehead atoms. The Hall–Kier alpha value is -0.980. The van der Waals surface area contributed by atoms with E-state index in [2.05, 4.69) is 0 Å². The Morgan fingerprint density at radius 3 is 2.58 bits per heavy atom. The molecule has 0 amide bonds. The van der Waals surface area contributed by atoms with Crippen molar-refractivity contribution in [3.8, 4) is 6.07 Å². The summed E-state index contributed by atoms with van der Waals surface area (Å²) in [6.07, 6.45) is 0. The minimum absolute atomic E-state index is 0.120. The molecule has 0 N–H and O–H groups in total. The predicted molar refractivity (Wildman–Crippen MR) is 48.8 cm³/mol. The second-order valence-corrected chi connectivity index (χ2v) is 3.83. The van der Waals surface area contributed by atoms with Gasteiger partial charge in [0.1, 0.15) is 11.8 Å². The maximum absolute atomic E-state index is 11.1. The maximum Gasteiger partial charge on any atom is 0.191 e. The Morgan fingerprint density at radius 2 is 2.00 bits per heavy atom. The Bertz CT molecular complexity index is 268. The lowest BCUT2D eigenvalue weighted by Gasteiger charge is -2.05. The van der Waals surface area contributed by atoms with E-state index in [-0.39, 0.29) is 5.75 Å². The summed E-state index contributed by atoms with van der Waals surface area (Å²) in [6, 6.07) is 11.4. The fourth-order valence-corrected chi connectivity index (χ4v) is 1.69. The van der Waals surface area contributed by atoms with Crippen molar-refractivity contribution in [2.45, 2.75) is 5.75 Å². The van der Waals surface area contributed by atoms with Crippen LogP contribution in [-0.2, 0) is 16.9 Å². The fourth-order valence-electron chi connectivity index (χ4n) is 0.883. The summed E-state index contributed by atoms with van der Waals surface area (Å²) in [7, 11) is 0. The van der Waals surface area contributed by atoms with Gasteiger partial charge in [-0.25, -0.2) is 0 Å². The van der Waals surface area contributed by atoms with E-state index in [1.54, 1.807) is 0 Å². The number of rotatable bonds is 3. The van der Waals surface area contributed by atoms with Crippen molar-refractivity contribution in [1.82, 2.24) is 0 Å². The van der Waals surface area contributed by atoms with E-state index in [0.717, 1.165) is 5.56 Å². The average molecular weight is 179 g/mol. The normalized spacial score (nSPS) is 12.0. The topological polar surface area (TPSA) is 46.8 Å². The van der Waals surface area contributed by atoms with Crippen LogP contribution < -0.4 is 0 Å². The summed E-state index contributed by atoms with van der Waals surface area (Å²) in [6.45, 7) is 0. The molecule has 0 unspecified atom stereocenters. The van der Waals surface area contributed by atoms with E-state index in [1.807, 2.05) is 36.4 Å². The van der Waals surface area contributed by atoms with Crippen LogP contribution in [0, 0.1) is 11.3 Å². The Balaban J connectivity index is 2.48. The van der Waals surface area contributed by atoms with Gasteiger partial charge < -0.3 is 4.55 Å². The van der Waals surface area contributed by atoms with E-state index >= 15 is 0 Å². The number of benzene rings is 1. The zero-order valence-corrected chi connectivity index (χ0v) is 7.38. The van der Waals surface area contributed by atoms with E-state index in [0.29, 0.717) is 5.75 Å². The highest BCUT2D eigenvalue weighted by atomic mass is 32.2. The van der Waals surface area contributed by atoms with Crippen molar-refractivity contribution >= 4 is 11.2 Å². The Labute approximate surface area is 75.0 Å². The van der Waals surface area contributed by atoms with Crippen LogP contribution in [-0.4, -0.2) is 10.3 Å². The second-order valence-electron chi connectivity index (χ2n) is 2.37. The molecule has 1 aromatic rings. The molecule has 0 aliphatic rings. The smallest absolute Gasteiger partial charge is 0.191 e. The van der Waals surface area contributed by atoms with Crippen molar-refractivity contribution in [3.63, 3.8) is 0 Å². The standard InChI is InChI=1S/C9H9NOS/c10-6-7-12(11)8-9-4-2-1-3-5-9/h1-5H,7-8H2/t12-/m0/s1. The van der Waals surface area contributed by atoms with Crippen molar-refractivity contribution < 1.29 is 4.55 Å². The monoisotopic (exact) mass is 179 g/mol. The maximum atomic E-state index is 11.1. The molecule has 0 saturated carbocycles. The first kappa shape index (κ1) is 9.11. The molecule has 0 spiro atoms. The molecule has 2 nitrogen and oxygen atoms in total. The van der Waals surface area contributed by atoms with E-state index in [1.165, 1.54) is 0 Å². The van der Waals surface area contributed by atoms with Crippen LogP contribution in [0.25, 0.3) is 0 Å². The predicted octanol–water partition coefficient (Wildman–Crippen LogP) is 1.46. The Morgan fingerprint density at radius 1 is 1.33 bits per heavy atom. The zero-order valence-electron chi connectivity index (χ0n) is 6.56. The molecule has 0 saturated heterocycles. The highest BCUT2D eigenvalue weighted by Gasteiger charge is 2.04. The first-order valence-electron chi connectivity index (χ1n) is 3.59. The summed E-state index contributed by atoms with van der Waals surface area (Å²) in [5.74, 6) is 0.600. The van der Waals surface area contributed by atoms with E-state index in [4.69, 9.17) is 5.26 Å². The second kappa shape index (κ2) is 4.81. The van der Waals surface area contributed by atoms with Gasteiger partial charge in [0.2, 0.25) is 0 Å². The van der Waals surface area contributed by atoms with Gasteiger partial charge in [-0.2, -0.15) is 5.26 Å². The quantitative estimate of drug-likeness (QED) is 0.659. The summed E-state index contributed by atoms with van der Waals surface area (Å²) in [5, 5.41) is 8.27. The summed E-state index contributed by atoms with van der Waals surface area (Å²) < 4.78 is 11.1. The number of nitriles is 1. The highest BCUT2D eigenvalue weighted by molar-refractivity contribution is 7.90. The van der Waals surface area contributed by atoms with E-state index in [9.17, 15) is 4.55 Å². The Kier molecular flexibility index (Phi) is 3.65. The zero-order chi connectivity index (χ0) is 8.81. The molecular weight excluding hydrogens is 170 g/mol. The molecule has 1 atom stereocenters. The first-order valence-corrected chi connectivity index (χ1v) is 5.07. The van der Waals surface area contributed by atoms with Gasteiger partial charge in [0.25, 0.3) is 0 Å². The van der Waals surface area contributed by atoms with Crippen LogP contribution in [0.15, 0.2) is 30.3 Å². The van der Waals surface area contributed by atoms with Crippen molar-refractivity contribution in [3.05, 3.63) is 35.9 Å². The summed E-state index contributed by atoms with van der Waals surface area (Å²) >= 11 is -1.03. The summed E-state index contributed by atoms with van der Waals surface area (Å²) in [5.41, 5.74) is 1.02. The van der Waals surface area contributed by atoms with Gasteiger partial charge in [0.05, 0.1) is 0 Å². The van der Waals surface area contributed by atoms with Crippen LogP contribution in [0.5, 0.6) is 0 Å². The molecule has 0 fully saturated rings. The van der Waals surface area contributed by atoms with Gasteiger partial charge in [0.15, 0.2) is 5.75 Å². The third-order valence-corrected chi connectivity index (χ3v) is 2.50. The van der Waals surface area contributed by atoms with Gasteiger partial charge >= 0.3 is 0 Å². The number of hydrogen-bond donors (Lipinski definition) is 0. The molecule has 3 heteroatoms. The van der Waals surface area contributed by atoms with Crippen LogP contribution in [0.4, 0.5) is 0 Å². The van der Waals surface area contributed by atoms with Gasteiger partial charge in [0, 0.05) is 5.56 Å². The van der Waals surface area contributed by atoms with Crippen LogP contribution in [0.2, 0.25) is 0 Å². The van der Waals surface area contributed by atoms with Crippen LogP contribution in [0.3, 0.4) is 0 Å². The largest absolute Gasteiger partial charge is 0.615 e. The van der Waals surface area contributed by atoms with Crippen LogP contribution in [0.1, 0.15) is 5.56 Å². The fraction of sp³-hybridized carbons (Fsp3) is 0.222. The number of hydrogen-bond acceptors (Lipinski definition) is 2. The molecule has 0 radical (unpaired) electrons. The SMILES string of the molecule is N#CC[S@+]([O-])Cc1ccccc1. The molecule has 0 aromatic heterocycles. The van der Waals surface area contributed by atoms with Crippen molar-refractivity contribution in [1.29, 1.82) is 5.26 Å². The van der Waals surface area contributed by atoms with E-state index < -0.39 is 11.2 Å². The summed E-state index contributed by atoms with van der Waals surface area (Å²) in [4.78, 5) is 0. The molecule has 0 heterocycles.